The van der Waals surface area contributed by atoms with E-state index in [0.717, 1.165) is 0 Å². The Morgan fingerprint density at radius 2 is 1.12 bits per heavy atom. The normalized spacial score (nSPS) is 10.9. The van der Waals surface area contributed by atoms with Gasteiger partial charge in [0.15, 0.2) is 0 Å². The zero-order valence-electron chi connectivity index (χ0n) is 13.1. The van der Waals surface area contributed by atoms with E-state index in [1.165, 1.54) is 0 Å². The molecule has 0 atom stereocenters. The first-order chi connectivity index (χ1) is 12.0. The van der Waals surface area contributed by atoms with Gasteiger partial charge in [-0.1, -0.05) is 36.4 Å². The predicted octanol–water partition coefficient (Wildman–Crippen LogP) is 2.72. The topological polar surface area (TPSA) is 114 Å². The fourth-order valence-corrected chi connectivity index (χ4v) is 2.13. The minimum absolute atomic E-state index is 0.302. The number of nitrogens with two attached hydrogens (primary N) is 1. The molecule has 0 aliphatic heterocycles. The van der Waals surface area contributed by atoms with Crippen molar-refractivity contribution in [3.8, 4) is 0 Å². The van der Waals surface area contributed by atoms with Gasteiger partial charge < -0.3 is 9.47 Å². The number of benzene rings is 2. The molecule has 0 radical (unpaired) electrons. The van der Waals surface area contributed by atoms with Gasteiger partial charge in [-0.05, 0) is 24.3 Å². The van der Waals surface area contributed by atoms with Crippen LogP contribution in [0.5, 0.6) is 0 Å². The van der Waals surface area contributed by atoms with Gasteiger partial charge in [-0.3, -0.25) is 9.05 Å². The third-order valence-electron chi connectivity index (χ3n) is 2.86. The number of hydrogen-bond donors (Lipinski definition) is 1. The molecule has 2 rings (SSSR count). The smallest absolute Gasteiger partial charge is 0.408 e. The van der Waals surface area contributed by atoms with Gasteiger partial charge in [-0.2, -0.15) is 0 Å². The lowest BCUT2D eigenvalue weighted by Gasteiger charge is -2.13. The van der Waals surface area contributed by atoms with Crippen LogP contribution < -0.4 is 5.50 Å². The molecule has 0 heterocycles. The second-order valence-corrected chi connectivity index (χ2v) is 6.23. The van der Waals surface area contributed by atoms with E-state index < -0.39 is 33.3 Å². The van der Waals surface area contributed by atoms with Crippen LogP contribution in [0.25, 0.3) is 0 Å². The number of rotatable bonds is 8. The average Bonchev–Trinajstić information content (AvgIpc) is 2.62. The summed E-state index contributed by atoms with van der Waals surface area (Å²) < 4.78 is 30.7. The minimum atomic E-state index is -4.04. The van der Waals surface area contributed by atoms with Gasteiger partial charge >= 0.3 is 19.7 Å². The third kappa shape index (κ3) is 6.48. The van der Waals surface area contributed by atoms with E-state index in [-0.39, 0.29) is 0 Å². The van der Waals surface area contributed by atoms with Crippen LogP contribution in [0.15, 0.2) is 60.7 Å². The second kappa shape index (κ2) is 9.10. The number of esters is 2. The summed E-state index contributed by atoms with van der Waals surface area (Å²) >= 11 is 0. The lowest BCUT2D eigenvalue weighted by Crippen LogP contribution is -2.14. The molecule has 2 aromatic carbocycles. The van der Waals surface area contributed by atoms with Crippen molar-refractivity contribution in [2.24, 2.45) is 5.50 Å². The minimum Gasteiger partial charge on any atom is -0.434 e. The van der Waals surface area contributed by atoms with Crippen LogP contribution in [-0.2, 0) is 23.1 Å². The molecule has 25 heavy (non-hydrogen) atoms. The van der Waals surface area contributed by atoms with Crippen LogP contribution >= 0.6 is 7.75 Å². The SMILES string of the molecule is NP(=O)(OCOC(=O)c1ccccc1)OCOC(=O)c1ccccc1. The molecule has 2 aromatic rings. The van der Waals surface area contributed by atoms with E-state index in [2.05, 4.69) is 9.05 Å². The van der Waals surface area contributed by atoms with Crippen LogP contribution in [0.3, 0.4) is 0 Å². The standard InChI is InChI=1S/C16H16NO7P/c17-25(20,23-11-21-15(18)13-7-3-1-4-8-13)24-12-22-16(19)14-9-5-2-6-10-14/h1-10H,11-12H2,(H2,17,20). The van der Waals surface area contributed by atoms with Crippen molar-refractivity contribution < 1.29 is 32.7 Å². The Morgan fingerprint density at radius 3 is 1.48 bits per heavy atom. The Bertz CT molecular complexity index is 690. The zero-order valence-corrected chi connectivity index (χ0v) is 14.0. The van der Waals surface area contributed by atoms with Gasteiger partial charge in [0.1, 0.15) is 0 Å². The van der Waals surface area contributed by atoms with Crippen LogP contribution in [0, 0.1) is 0 Å². The van der Waals surface area contributed by atoms with Crippen LogP contribution in [0.1, 0.15) is 20.7 Å². The molecule has 132 valence electrons. The fourth-order valence-electron chi connectivity index (χ4n) is 1.66. The third-order valence-corrected chi connectivity index (χ3v) is 3.79. The summed E-state index contributed by atoms with van der Waals surface area (Å²) in [7, 11) is -4.04. The van der Waals surface area contributed by atoms with E-state index >= 15 is 0 Å². The summed E-state index contributed by atoms with van der Waals surface area (Å²) in [5, 5.41) is 0. The highest BCUT2D eigenvalue weighted by Gasteiger charge is 2.20. The molecule has 0 unspecified atom stereocenters. The largest absolute Gasteiger partial charge is 0.434 e. The van der Waals surface area contributed by atoms with Crippen molar-refractivity contribution in [2.45, 2.75) is 0 Å². The molecule has 0 fully saturated rings. The number of carbonyl (C=O) groups is 2. The Hall–Kier alpha value is -2.51. The molecule has 0 amide bonds. The van der Waals surface area contributed by atoms with Gasteiger partial charge in [0, 0.05) is 0 Å². The van der Waals surface area contributed by atoms with Gasteiger partial charge in [0.25, 0.3) is 0 Å². The maximum absolute atomic E-state index is 11.8. The molecule has 2 N–H and O–H groups in total. The molecule has 8 nitrogen and oxygen atoms in total. The Morgan fingerprint density at radius 1 is 0.760 bits per heavy atom. The highest BCUT2D eigenvalue weighted by molar-refractivity contribution is 7.51. The summed E-state index contributed by atoms with van der Waals surface area (Å²) in [6.07, 6.45) is 0. The summed E-state index contributed by atoms with van der Waals surface area (Å²) in [6.45, 7) is -1.34. The van der Waals surface area contributed by atoms with E-state index in [9.17, 15) is 14.2 Å². The van der Waals surface area contributed by atoms with E-state index in [0.29, 0.717) is 11.1 Å². The molecule has 0 aromatic heterocycles. The Labute approximate surface area is 144 Å². The Balaban J connectivity index is 1.70. The summed E-state index contributed by atoms with van der Waals surface area (Å²) in [5.41, 5.74) is 5.90. The highest BCUT2D eigenvalue weighted by Crippen LogP contribution is 2.38. The summed E-state index contributed by atoms with van der Waals surface area (Å²) in [5.74, 6) is -1.34. The van der Waals surface area contributed by atoms with Crippen molar-refractivity contribution >= 4 is 19.7 Å². The highest BCUT2D eigenvalue weighted by atomic mass is 31.2. The van der Waals surface area contributed by atoms with Crippen LogP contribution in [-0.4, -0.2) is 25.5 Å². The second-order valence-electron chi connectivity index (χ2n) is 4.63. The van der Waals surface area contributed by atoms with Crippen molar-refractivity contribution in [3.05, 3.63) is 71.8 Å². The number of ether oxygens (including phenoxy) is 2. The molecule has 0 bridgehead atoms. The number of carbonyl (C=O) groups excluding carboxylic acids is 2. The van der Waals surface area contributed by atoms with Crippen molar-refractivity contribution in [1.82, 2.24) is 0 Å². The molecule has 0 aliphatic rings. The quantitative estimate of drug-likeness (QED) is 0.431. The molecular weight excluding hydrogens is 349 g/mol. The zero-order chi connectivity index (χ0) is 18.1. The lowest BCUT2D eigenvalue weighted by molar-refractivity contribution is -0.00747. The van der Waals surface area contributed by atoms with E-state index in [1.54, 1.807) is 60.7 Å². The first kappa shape index (κ1) is 18.8. The lowest BCUT2D eigenvalue weighted by atomic mass is 10.2. The first-order valence-electron chi connectivity index (χ1n) is 7.10. The summed E-state index contributed by atoms with van der Waals surface area (Å²) in [4.78, 5) is 23.3. The van der Waals surface area contributed by atoms with E-state index in [4.69, 9.17) is 15.0 Å². The van der Waals surface area contributed by atoms with Gasteiger partial charge in [-0.25, -0.2) is 19.7 Å². The van der Waals surface area contributed by atoms with E-state index in [1.807, 2.05) is 0 Å². The Kier molecular flexibility index (Phi) is 6.85. The van der Waals surface area contributed by atoms with Crippen LogP contribution in [0.4, 0.5) is 0 Å². The molecule has 0 aliphatic carbocycles. The molecule has 0 spiro atoms. The molecule has 0 saturated heterocycles. The fraction of sp³-hybridized carbons (Fsp3) is 0.125. The first-order valence-corrected chi connectivity index (χ1v) is 8.71. The van der Waals surface area contributed by atoms with Crippen LogP contribution in [0.2, 0.25) is 0 Å². The monoisotopic (exact) mass is 365 g/mol. The van der Waals surface area contributed by atoms with Gasteiger partial charge in [0.2, 0.25) is 13.6 Å². The molecular formula is C16H16NO7P. The van der Waals surface area contributed by atoms with Crippen molar-refractivity contribution in [1.29, 1.82) is 0 Å². The van der Waals surface area contributed by atoms with Crippen molar-refractivity contribution in [2.75, 3.05) is 13.6 Å². The molecule has 0 saturated carbocycles. The number of hydrogen-bond acceptors (Lipinski definition) is 7. The van der Waals surface area contributed by atoms with Gasteiger partial charge in [-0.15, -0.1) is 0 Å². The van der Waals surface area contributed by atoms with Gasteiger partial charge in [0.05, 0.1) is 11.1 Å². The predicted molar refractivity (Wildman–Crippen MR) is 87.4 cm³/mol. The maximum Gasteiger partial charge on any atom is 0.408 e. The average molecular weight is 365 g/mol. The maximum atomic E-state index is 11.8. The molecule has 9 heteroatoms. The summed E-state index contributed by atoms with van der Waals surface area (Å²) in [6, 6.07) is 16.3. The van der Waals surface area contributed by atoms with Crippen molar-refractivity contribution in [3.63, 3.8) is 0 Å².